The van der Waals surface area contributed by atoms with Gasteiger partial charge in [0, 0.05) is 6.54 Å². The van der Waals surface area contributed by atoms with Crippen LogP contribution in [0.2, 0.25) is 0 Å². The highest BCUT2D eigenvalue weighted by atomic mass is 19.4. The first-order valence-electron chi connectivity index (χ1n) is 7.54. The fourth-order valence-electron chi connectivity index (χ4n) is 2.14. The van der Waals surface area contributed by atoms with Gasteiger partial charge in [0.1, 0.15) is 17.3 Å². The summed E-state index contributed by atoms with van der Waals surface area (Å²) in [6.45, 7) is 1.77. The van der Waals surface area contributed by atoms with Gasteiger partial charge < -0.3 is 15.8 Å². The number of benzene rings is 1. The van der Waals surface area contributed by atoms with E-state index in [1.54, 1.807) is 6.92 Å². The summed E-state index contributed by atoms with van der Waals surface area (Å²) in [5.74, 6) is -0.723. The molecule has 136 valence electrons. The molecule has 0 radical (unpaired) electrons. The molecule has 26 heavy (non-hydrogen) atoms. The number of nitriles is 1. The number of hydrogen-bond donors (Lipinski definition) is 2. The van der Waals surface area contributed by atoms with E-state index in [2.05, 4.69) is 10.3 Å². The van der Waals surface area contributed by atoms with Gasteiger partial charge >= 0.3 is 6.18 Å². The quantitative estimate of drug-likeness (QED) is 0.850. The Labute approximate surface area is 147 Å². The van der Waals surface area contributed by atoms with Gasteiger partial charge in [0.15, 0.2) is 0 Å². The van der Waals surface area contributed by atoms with Gasteiger partial charge in [-0.1, -0.05) is 12.1 Å². The Hall–Kier alpha value is -3.28. The van der Waals surface area contributed by atoms with Crippen LogP contribution in [0.3, 0.4) is 0 Å². The molecule has 3 N–H and O–H groups in total. The van der Waals surface area contributed by atoms with Crippen molar-refractivity contribution < 1.29 is 22.7 Å². The van der Waals surface area contributed by atoms with E-state index >= 15 is 0 Å². The summed E-state index contributed by atoms with van der Waals surface area (Å²) in [5, 5.41) is 11.5. The molecule has 0 aliphatic heterocycles. The molecule has 0 fully saturated rings. The molecule has 2 aromatic rings. The van der Waals surface area contributed by atoms with Gasteiger partial charge in [0.25, 0.3) is 5.91 Å². The van der Waals surface area contributed by atoms with Gasteiger partial charge in [-0.25, -0.2) is 4.98 Å². The zero-order chi connectivity index (χ0) is 19.3. The molecule has 0 bridgehead atoms. The summed E-state index contributed by atoms with van der Waals surface area (Å²) < 4.78 is 43.3. The number of nitrogens with zero attached hydrogens (tertiary/aromatic N) is 2. The van der Waals surface area contributed by atoms with E-state index in [1.807, 2.05) is 6.07 Å². The molecule has 1 heterocycles. The van der Waals surface area contributed by atoms with E-state index < -0.39 is 17.6 Å². The third-order valence-corrected chi connectivity index (χ3v) is 3.35. The summed E-state index contributed by atoms with van der Waals surface area (Å²) in [6, 6.07) is 7.67. The summed E-state index contributed by atoms with van der Waals surface area (Å²) in [6.07, 6.45) is -4.46. The highest BCUT2D eigenvalue weighted by Gasteiger charge is 2.30. The number of halogens is 3. The monoisotopic (exact) mass is 364 g/mol. The van der Waals surface area contributed by atoms with Crippen molar-refractivity contribution in [3.05, 3.63) is 52.7 Å². The zero-order valence-corrected chi connectivity index (χ0v) is 13.7. The third-order valence-electron chi connectivity index (χ3n) is 3.35. The number of carbonyl (C=O) groups is 1. The van der Waals surface area contributed by atoms with Gasteiger partial charge in [-0.05, 0) is 30.7 Å². The van der Waals surface area contributed by atoms with Crippen LogP contribution in [-0.4, -0.2) is 17.5 Å². The van der Waals surface area contributed by atoms with Crippen LogP contribution in [-0.2, 0) is 12.7 Å². The molecule has 1 aromatic heterocycles. The van der Waals surface area contributed by atoms with E-state index in [-0.39, 0.29) is 41.5 Å². The molecule has 0 aliphatic rings. The first-order valence-corrected chi connectivity index (χ1v) is 7.54. The Balaban J connectivity index is 2.17. The Bertz CT molecular complexity index is 860. The fourth-order valence-corrected chi connectivity index (χ4v) is 2.14. The Morgan fingerprint density at radius 3 is 2.73 bits per heavy atom. The number of pyridine rings is 1. The van der Waals surface area contributed by atoms with Crippen molar-refractivity contribution in [2.45, 2.75) is 19.6 Å². The average molecular weight is 364 g/mol. The summed E-state index contributed by atoms with van der Waals surface area (Å²) in [5.41, 5.74) is 5.14. The first kappa shape index (κ1) is 19.1. The van der Waals surface area contributed by atoms with Crippen LogP contribution in [0.5, 0.6) is 5.88 Å². The van der Waals surface area contributed by atoms with Crippen LogP contribution in [0.15, 0.2) is 30.3 Å². The van der Waals surface area contributed by atoms with Crippen molar-refractivity contribution in [2.75, 3.05) is 12.3 Å². The van der Waals surface area contributed by atoms with Crippen molar-refractivity contribution in [1.29, 1.82) is 5.26 Å². The predicted octanol–water partition coefficient (Wildman–Crippen LogP) is 2.88. The average Bonchev–Trinajstić information content (AvgIpc) is 2.59. The maximum absolute atomic E-state index is 12.7. The standard InChI is InChI=1S/C17H15F3N4O2/c1-2-26-16-12(8-21)13(22)7-14(24-16)15(25)23-9-10-4-3-5-11(6-10)17(18,19)20/h3-7H,2,9H2,1H3,(H2,22,24)(H,23,25). The Morgan fingerprint density at radius 2 is 2.12 bits per heavy atom. The van der Waals surface area contributed by atoms with E-state index in [0.717, 1.165) is 12.1 Å². The van der Waals surface area contributed by atoms with Crippen molar-refractivity contribution in [3.63, 3.8) is 0 Å². The molecular weight excluding hydrogens is 349 g/mol. The first-order chi connectivity index (χ1) is 12.3. The van der Waals surface area contributed by atoms with Crippen LogP contribution in [0.4, 0.5) is 18.9 Å². The second kappa shape index (κ2) is 7.74. The van der Waals surface area contributed by atoms with Crippen molar-refractivity contribution in [3.8, 4) is 11.9 Å². The molecule has 0 unspecified atom stereocenters. The molecule has 0 spiro atoms. The minimum Gasteiger partial charge on any atom is -0.477 e. The number of amides is 1. The Morgan fingerprint density at radius 1 is 1.38 bits per heavy atom. The Kier molecular flexibility index (Phi) is 5.67. The zero-order valence-electron chi connectivity index (χ0n) is 13.7. The topological polar surface area (TPSA) is 101 Å². The highest BCUT2D eigenvalue weighted by molar-refractivity contribution is 5.93. The molecule has 9 heteroatoms. The van der Waals surface area contributed by atoms with Crippen molar-refractivity contribution in [2.24, 2.45) is 0 Å². The lowest BCUT2D eigenvalue weighted by Crippen LogP contribution is -2.24. The third kappa shape index (κ3) is 4.42. The van der Waals surface area contributed by atoms with Gasteiger partial charge in [0.05, 0.1) is 17.9 Å². The summed E-state index contributed by atoms with van der Waals surface area (Å²) in [4.78, 5) is 16.2. The fraction of sp³-hybridized carbons (Fsp3) is 0.235. The van der Waals surface area contributed by atoms with Gasteiger partial charge in [-0.2, -0.15) is 18.4 Å². The lowest BCUT2D eigenvalue weighted by Gasteiger charge is -2.11. The number of nitrogen functional groups attached to an aromatic ring is 1. The molecule has 1 aromatic carbocycles. The maximum atomic E-state index is 12.7. The van der Waals surface area contributed by atoms with Crippen LogP contribution >= 0.6 is 0 Å². The number of carbonyl (C=O) groups excluding carboxylic acids is 1. The molecule has 6 nitrogen and oxygen atoms in total. The number of aromatic nitrogens is 1. The minimum absolute atomic E-state index is 0.0151. The lowest BCUT2D eigenvalue weighted by atomic mass is 10.1. The normalized spacial score (nSPS) is 10.9. The van der Waals surface area contributed by atoms with Crippen molar-refractivity contribution in [1.82, 2.24) is 10.3 Å². The minimum atomic E-state index is -4.46. The number of nitrogens with two attached hydrogens (primary N) is 1. The largest absolute Gasteiger partial charge is 0.477 e. The molecule has 0 saturated carbocycles. The molecule has 2 rings (SSSR count). The van der Waals surface area contributed by atoms with E-state index in [4.69, 9.17) is 15.7 Å². The molecule has 0 saturated heterocycles. The summed E-state index contributed by atoms with van der Waals surface area (Å²) >= 11 is 0. The molecular formula is C17H15F3N4O2. The predicted molar refractivity (Wildman–Crippen MR) is 87.1 cm³/mol. The molecule has 1 amide bonds. The second-order valence-electron chi connectivity index (χ2n) is 5.20. The van der Waals surface area contributed by atoms with Crippen LogP contribution < -0.4 is 15.8 Å². The molecule has 0 aliphatic carbocycles. The summed E-state index contributed by atoms with van der Waals surface area (Å²) in [7, 11) is 0. The van der Waals surface area contributed by atoms with E-state index in [0.29, 0.717) is 0 Å². The number of alkyl halides is 3. The number of hydrogen-bond acceptors (Lipinski definition) is 5. The smallest absolute Gasteiger partial charge is 0.416 e. The second-order valence-corrected chi connectivity index (χ2v) is 5.20. The highest BCUT2D eigenvalue weighted by Crippen LogP contribution is 2.29. The SMILES string of the molecule is CCOc1nc(C(=O)NCc2cccc(C(F)(F)F)c2)cc(N)c1C#N. The van der Waals surface area contributed by atoms with Crippen molar-refractivity contribution >= 4 is 11.6 Å². The van der Waals surface area contributed by atoms with E-state index in [1.165, 1.54) is 18.2 Å². The van der Waals surface area contributed by atoms with Crippen LogP contribution in [0.1, 0.15) is 34.1 Å². The lowest BCUT2D eigenvalue weighted by molar-refractivity contribution is -0.137. The maximum Gasteiger partial charge on any atom is 0.416 e. The van der Waals surface area contributed by atoms with Crippen LogP contribution in [0, 0.1) is 11.3 Å². The molecule has 0 atom stereocenters. The van der Waals surface area contributed by atoms with Crippen LogP contribution in [0.25, 0.3) is 0 Å². The number of rotatable bonds is 5. The number of ether oxygens (including phenoxy) is 1. The van der Waals surface area contributed by atoms with Gasteiger partial charge in [-0.3, -0.25) is 4.79 Å². The van der Waals surface area contributed by atoms with Gasteiger partial charge in [0.2, 0.25) is 5.88 Å². The van der Waals surface area contributed by atoms with E-state index in [9.17, 15) is 18.0 Å². The number of anilines is 1. The number of nitrogens with one attached hydrogen (secondary N) is 1. The van der Waals surface area contributed by atoms with Gasteiger partial charge in [-0.15, -0.1) is 0 Å².